The SMILES string of the molecule is O=C(Nc1cncc(-c2ccc3[nH]nc(C4=NC5C(C6=NC=CCC6)=CN=CC5N4)c3c2)c1)C1CC1. The smallest absolute Gasteiger partial charge is 0.227 e. The van der Waals surface area contributed by atoms with Crippen molar-refractivity contribution in [3.63, 3.8) is 0 Å². The van der Waals surface area contributed by atoms with E-state index >= 15 is 0 Å². The molecule has 2 atom stereocenters. The van der Waals surface area contributed by atoms with E-state index in [1.165, 1.54) is 0 Å². The predicted molar refractivity (Wildman–Crippen MR) is 140 cm³/mol. The predicted octanol–water partition coefficient (Wildman–Crippen LogP) is 3.78. The van der Waals surface area contributed by atoms with Gasteiger partial charge in [-0.2, -0.15) is 5.10 Å². The van der Waals surface area contributed by atoms with Gasteiger partial charge in [0.1, 0.15) is 11.7 Å². The summed E-state index contributed by atoms with van der Waals surface area (Å²) < 4.78 is 0. The van der Waals surface area contributed by atoms with Gasteiger partial charge >= 0.3 is 0 Å². The Morgan fingerprint density at radius 3 is 2.92 bits per heavy atom. The summed E-state index contributed by atoms with van der Waals surface area (Å²) in [5.74, 6) is 0.951. The van der Waals surface area contributed by atoms with Crippen LogP contribution < -0.4 is 10.6 Å². The number of nitrogens with one attached hydrogen (secondary N) is 3. The summed E-state index contributed by atoms with van der Waals surface area (Å²) in [7, 11) is 0. The monoisotopic (exact) mass is 476 g/mol. The molecule has 3 N–H and O–H groups in total. The fraction of sp³-hybridized carbons (Fsp3) is 0.259. The molecule has 0 bridgehead atoms. The van der Waals surface area contributed by atoms with Crippen molar-refractivity contribution in [2.75, 3.05) is 5.32 Å². The Hall–Kier alpha value is -4.40. The van der Waals surface area contributed by atoms with Crippen molar-refractivity contribution in [2.45, 2.75) is 37.8 Å². The van der Waals surface area contributed by atoms with Crippen LogP contribution in [-0.4, -0.2) is 50.9 Å². The number of benzene rings is 1. The Balaban J connectivity index is 1.21. The molecule has 1 amide bonds. The second-order valence-corrected chi connectivity index (χ2v) is 9.53. The molecule has 7 rings (SSSR count). The maximum Gasteiger partial charge on any atom is 0.227 e. The number of carbonyl (C=O) groups is 1. The van der Waals surface area contributed by atoms with E-state index < -0.39 is 0 Å². The highest BCUT2D eigenvalue weighted by Gasteiger charge is 2.36. The molecule has 1 aromatic carbocycles. The molecule has 36 heavy (non-hydrogen) atoms. The van der Waals surface area contributed by atoms with Gasteiger partial charge < -0.3 is 10.6 Å². The molecule has 4 aliphatic rings. The summed E-state index contributed by atoms with van der Waals surface area (Å²) in [6.45, 7) is 0. The molecule has 9 nitrogen and oxygen atoms in total. The minimum Gasteiger partial charge on any atom is -0.358 e. The average Bonchev–Trinajstić information content (AvgIpc) is 3.55. The molecular weight excluding hydrogens is 452 g/mol. The highest BCUT2D eigenvalue weighted by atomic mass is 16.2. The van der Waals surface area contributed by atoms with Gasteiger partial charge in [-0.1, -0.05) is 12.1 Å². The van der Waals surface area contributed by atoms with Gasteiger partial charge in [0.15, 0.2) is 5.84 Å². The third-order valence-corrected chi connectivity index (χ3v) is 6.98. The Kier molecular flexibility index (Phi) is 4.87. The number of fused-ring (bicyclic) bond motifs is 2. The zero-order valence-corrected chi connectivity index (χ0v) is 19.5. The van der Waals surface area contributed by atoms with Crippen LogP contribution in [0.4, 0.5) is 5.69 Å². The Morgan fingerprint density at radius 1 is 1.11 bits per heavy atom. The zero-order chi connectivity index (χ0) is 24.1. The maximum atomic E-state index is 12.2. The van der Waals surface area contributed by atoms with Crippen LogP contribution in [0.5, 0.6) is 0 Å². The van der Waals surface area contributed by atoms with Crippen LogP contribution in [0.25, 0.3) is 22.0 Å². The van der Waals surface area contributed by atoms with Gasteiger partial charge in [0, 0.05) is 53.0 Å². The number of hydrogen-bond donors (Lipinski definition) is 3. The number of nitrogens with zero attached hydrogens (tertiary/aromatic N) is 5. The quantitative estimate of drug-likeness (QED) is 0.519. The minimum absolute atomic E-state index is 0.0282. The molecule has 178 valence electrons. The number of anilines is 1. The van der Waals surface area contributed by atoms with Gasteiger partial charge in [-0.15, -0.1) is 0 Å². The molecule has 0 radical (unpaired) electrons. The van der Waals surface area contributed by atoms with Crippen molar-refractivity contribution in [3.05, 3.63) is 66.4 Å². The lowest BCUT2D eigenvalue weighted by Gasteiger charge is -2.22. The molecule has 1 saturated carbocycles. The number of H-pyrrole nitrogens is 1. The fourth-order valence-corrected chi connectivity index (χ4v) is 4.89. The fourth-order valence-electron chi connectivity index (χ4n) is 4.89. The molecule has 2 aromatic heterocycles. The zero-order valence-electron chi connectivity index (χ0n) is 19.5. The second kappa shape index (κ2) is 8.37. The Morgan fingerprint density at radius 2 is 2.06 bits per heavy atom. The first kappa shape index (κ1) is 20.9. The lowest BCUT2D eigenvalue weighted by molar-refractivity contribution is -0.117. The minimum atomic E-state index is -0.0753. The molecular formula is C27H24N8O. The lowest BCUT2D eigenvalue weighted by Crippen LogP contribution is -2.40. The number of hydrogen-bond acceptors (Lipinski definition) is 7. The standard InChI is InChI=1S/C27H24N8O/c36-27(15-4-5-15)31-18-9-17(11-28-12-18)16-6-7-22-19(10-16)25(35-34-22)26-32-23-14-29-13-20(24(23)33-26)21-3-1-2-8-30-21/h2,6-15,23-24H,1,3-5H2,(H,31,36)(H,32,33)(H,34,35). The number of carbonyl (C=O) groups excluding carboxylic acids is 1. The summed E-state index contributed by atoms with van der Waals surface area (Å²) in [5.41, 5.74) is 6.42. The van der Waals surface area contributed by atoms with E-state index in [-0.39, 0.29) is 23.9 Å². The molecule has 2 unspecified atom stereocenters. The van der Waals surface area contributed by atoms with E-state index in [1.807, 2.05) is 36.8 Å². The average molecular weight is 477 g/mol. The van der Waals surface area contributed by atoms with Gasteiger partial charge in [-0.05, 0) is 49.4 Å². The van der Waals surface area contributed by atoms with Crippen LogP contribution in [0.2, 0.25) is 0 Å². The Bertz CT molecular complexity index is 1540. The van der Waals surface area contributed by atoms with Gasteiger partial charge in [0.2, 0.25) is 5.91 Å². The van der Waals surface area contributed by atoms with E-state index in [0.717, 1.165) is 70.5 Å². The number of aliphatic imine (C=N–C) groups is 3. The summed E-state index contributed by atoms with van der Waals surface area (Å²) in [4.78, 5) is 30.6. The molecule has 9 heteroatoms. The van der Waals surface area contributed by atoms with Crippen LogP contribution >= 0.6 is 0 Å². The van der Waals surface area contributed by atoms with Gasteiger partial charge in [0.05, 0.1) is 23.4 Å². The summed E-state index contributed by atoms with van der Waals surface area (Å²) in [6, 6.07) is 7.98. The largest absolute Gasteiger partial charge is 0.358 e. The highest BCUT2D eigenvalue weighted by molar-refractivity contribution is 6.12. The van der Waals surface area contributed by atoms with Crippen LogP contribution in [-0.2, 0) is 4.79 Å². The number of rotatable bonds is 5. The molecule has 3 aliphatic heterocycles. The number of pyridine rings is 1. The summed E-state index contributed by atoms with van der Waals surface area (Å²) >= 11 is 0. The number of amides is 1. The summed E-state index contributed by atoms with van der Waals surface area (Å²) in [5, 5.41) is 15.2. The first-order valence-corrected chi connectivity index (χ1v) is 12.3. The first-order valence-electron chi connectivity index (χ1n) is 12.3. The lowest BCUT2D eigenvalue weighted by atomic mass is 9.93. The normalized spacial score (nSPS) is 22.5. The van der Waals surface area contributed by atoms with Crippen LogP contribution in [0.3, 0.4) is 0 Å². The summed E-state index contributed by atoms with van der Waals surface area (Å²) in [6.07, 6.45) is 15.0. The first-order chi connectivity index (χ1) is 17.7. The number of allylic oxidation sites excluding steroid dienone is 1. The third kappa shape index (κ3) is 3.73. The van der Waals surface area contributed by atoms with E-state index in [1.54, 1.807) is 12.4 Å². The van der Waals surface area contributed by atoms with E-state index in [2.05, 4.69) is 47.9 Å². The maximum absolute atomic E-state index is 12.2. The highest BCUT2D eigenvalue weighted by Crippen LogP contribution is 2.32. The van der Waals surface area contributed by atoms with Crippen LogP contribution in [0.15, 0.2) is 75.7 Å². The van der Waals surface area contributed by atoms with Crippen molar-refractivity contribution in [1.82, 2.24) is 20.5 Å². The van der Waals surface area contributed by atoms with Crippen molar-refractivity contribution >= 4 is 40.3 Å². The van der Waals surface area contributed by atoms with Gasteiger partial charge in [-0.3, -0.25) is 29.9 Å². The molecule has 0 spiro atoms. The molecule has 0 saturated heterocycles. The van der Waals surface area contributed by atoms with E-state index in [4.69, 9.17) is 4.99 Å². The number of amidine groups is 1. The van der Waals surface area contributed by atoms with Gasteiger partial charge in [-0.25, -0.2) is 0 Å². The molecule has 1 fully saturated rings. The van der Waals surface area contributed by atoms with Crippen molar-refractivity contribution in [1.29, 1.82) is 0 Å². The number of aromatic nitrogens is 3. The van der Waals surface area contributed by atoms with Crippen molar-refractivity contribution in [2.24, 2.45) is 20.9 Å². The number of aromatic amines is 1. The van der Waals surface area contributed by atoms with Crippen LogP contribution in [0, 0.1) is 5.92 Å². The van der Waals surface area contributed by atoms with Crippen molar-refractivity contribution in [3.8, 4) is 11.1 Å². The molecule has 5 heterocycles. The van der Waals surface area contributed by atoms with Gasteiger partial charge in [0.25, 0.3) is 0 Å². The molecule has 3 aromatic rings. The molecule has 1 aliphatic carbocycles. The topological polar surface area (TPSA) is 120 Å². The van der Waals surface area contributed by atoms with E-state index in [9.17, 15) is 4.79 Å². The Labute approximate surface area is 207 Å². The van der Waals surface area contributed by atoms with Crippen molar-refractivity contribution < 1.29 is 4.79 Å². The van der Waals surface area contributed by atoms with Crippen LogP contribution in [0.1, 0.15) is 31.4 Å². The van der Waals surface area contributed by atoms with E-state index in [0.29, 0.717) is 5.69 Å². The second-order valence-electron chi connectivity index (χ2n) is 9.53. The third-order valence-electron chi connectivity index (χ3n) is 6.98.